The van der Waals surface area contributed by atoms with Crippen LogP contribution in [0.3, 0.4) is 0 Å². The first-order chi connectivity index (χ1) is 10.2. The predicted octanol–water partition coefficient (Wildman–Crippen LogP) is 2.72. The Morgan fingerprint density at radius 1 is 1.29 bits per heavy atom. The van der Waals surface area contributed by atoms with Gasteiger partial charge in [0.2, 0.25) is 0 Å². The van der Waals surface area contributed by atoms with E-state index in [-0.39, 0.29) is 0 Å². The first kappa shape index (κ1) is 13.9. The maximum absolute atomic E-state index is 6.17. The molecule has 2 aliphatic rings. The second kappa shape index (κ2) is 5.50. The number of fused-ring (bicyclic) bond motifs is 1. The fraction of sp³-hybridized carbons (Fsp3) is 0.571. The van der Waals surface area contributed by atoms with E-state index in [9.17, 15) is 0 Å². The number of imidazole rings is 1. The lowest BCUT2D eigenvalue weighted by Crippen LogP contribution is -2.49. The van der Waals surface area contributed by atoms with Gasteiger partial charge in [0.1, 0.15) is 15.9 Å². The van der Waals surface area contributed by atoms with Crippen molar-refractivity contribution in [3.63, 3.8) is 0 Å². The van der Waals surface area contributed by atoms with E-state index in [4.69, 9.17) is 16.3 Å². The van der Waals surface area contributed by atoms with Gasteiger partial charge in [-0.1, -0.05) is 11.6 Å². The van der Waals surface area contributed by atoms with Gasteiger partial charge in [-0.3, -0.25) is 9.30 Å². The van der Waals surface area contributed by atoms with Crippen molar-refractivity contribution in [2.45, 2.75) is 24.8 Å². The van der Waals surface area contributed by atoms with Gasteiger partial charge in [-0.2, -0.15) is 0 Å². The highest BCUT2D eigenvalue weighted by atomic mass is 79.9. The fourth-order valence-electron chi connectivity index (χ4n) is 3.31. The molecular weight excluding hydrogens is 356 g/mol. The summed E-state index contributed by atoms with van der Waals surface area (Å²) >= 11 is 9.67. The van der Waals surface area contributed by atoms with Crippen LogP contribution in [0.1, 0.15) is 24.6 Å². The molecule has 2 fully saturated rings. The molecule has 2 aromatic heterocycles. The minimum Gasteiger partial charge on any atom is -0.379 e. The maximum Gasteiger partial charge on any atom is 0.155 e. The van der Waals surface area contributed by atoms with E-state index in [1.54, 1.807) is 6.20 Å². The molecule has 1 aliphatic heterocycles. The van der Waals surface area contributed by atoms with Crippen molar-refractivity contribution in [1.82, 2.24) is 19.3 Å². The molecule has 0 spiro atoms. The van der Waals surface area contributed by atoms with Crippen LogP contribution in [0, 0.1) is 0 Å². The Bertz CT molecular complexity index is 664. The molecule has 1 aliphatic carbocycles. The zero-order chi connectivity index (χ0) is 14.4. The third kappa shape index (κ3) is 2.38. The lowest BCUT2D eigenvalue weighted by Gasteiger charge is -2.43. The Hall–Kier alpha value is -0.690. The molecule has 5 nitrogen and oxygen atoms in total. The molecule has 3 heterocycles. The molecule has 0 unspecified atom stereocenters. The van der Waals surface area contributed by atoms with E-state index in [0.29, 0.717) is 17.1 Å². The van der Waals surface area contributed by atoms with Crippen LogP contribution in [-0.4, -0.2) is 51.6 Å². The van der Waals surface area contributed by atoms with Crippen molar-refractivity contribution in [2.24, 2.45) is 0 Å². The molecule has 0 atom stereocenters. The van der Waals surface area contributed by atoms with Gasteiger partial charge in [0, 0.05) is 37.4 Å². The molecule has 0 N–H and O–H groups in total. The molecule has 0 radical (unpaired) electrons. The van der Waals surface area contributed by atoms with Gasteiger partial charge in [-0.05, 0) is 28.8 Å². The number of nitrogens with zero attached hydrogens (tertiary/aromatic N) is 4. The number of rotatable bonds is 2. The summed E-state index contributed by atoms with van der Waals surface area (Å²) in [6.45, 7) is 3.83. The van der Waals surface area contributed by atoms with Crippen LogP contribution in [0.15, 0.2) is 17.0 Å². The first-order valence-corrected chi connectivity index (χ1v) is 8.41. The Morgan fingerprint density at radius 3 is 2.81 bits per heavy atom. The molecule has 4 rings (SSSR count). The number of ether oxygens (including phenoxy) is 1. The van der Waals surface area contributed by atoms with Gasteiger partial charge in [0.25, 0.3) is 0 Å². The topological polar surface area (TPSA) is 42.7 Å². The maximum atomic E-state index is 6.17. The Balaban J connectivity index is 1.55. The van der Waals surface area contributed by atoms with Crippen molar-refractivity contribution in [1.29, 1.82) is 0 Å². The SMILES string of the molecule is Clc1nccn2c1c(Br)nc2[C@H]1C[C@@H](N2CCOCC2)C1. The Kier molecular flexibility index (Phi) is 3.65. The molecule has 0 bridgehead atoms. The molecule has 21 heavy (non-hydrogen) atoms. The summed E-state index contributed by atoms with van der Waals surface area (Å²) in [5, 5.41) is 0.493. The molecule has 1 saturated carbocycles. The summed E-state index contributed by atoms with van der Waals surface area (Å²) in [6.07, 6.45) is 5.98. The third-order valence-corrected chi connectivity index (χ3v) is 5.36. The van der Waals surface area contributed by atoms with Crippen molar-refractivity contribution < 1.29 is 4.74 Å². The summed E-state index contributed by atoms with van der Waals surface area (Å²) in [6, 6.07) is 0.669. The smallest absolute Gasteiger partial charge is 0.155 e. The molecule has 2 aromatic rings. The van der Waals surface area contributed by atoms with Crippen LogP contribution >= 0.6 is 27.5 Å². The van der Waals surface area contributed by atoms with Gasteiger partial charge in [-0.15, -0.1) is 0 Å². The van der Waals surface area contributed by atoms with Crippen LogP contribution in [0.25, 0.3) is 5.52 Å². The number of hydrogen-bond acceptors (Lipinski definition) is 4. The van der Waals surface area contributed by atoms with Crippen molar-refractivity contribution in [3.8, 4) is 0 Å². The summed E-state index contributed by atoms with van der Waals surface area (Å²) in [5.74, 6) is 1.58. The average Bonchev–Trinajstić information content (AvgIpc) is 2.77. The van der Waals surface area contributed by atoms with Crippen LogP contribution < -0.4 is 0 Å². The summed E-state index contributed by atoms with van der Waals surface area (Å²) in [4.78, 5) is 11.3. The van der Waals surface area contributed by atoms with Crippen molar-refractivity contribution in [3.05, 3.63) is 28.0 Å². The lowest BCUT2D eigenvalue weighted by molar-refractivity contribution is -0.00779. The van der Waals surface area contributed by atoms with Gasteiger partial charge < -0.3 is 4.74 Å². The highest BCUT2D eigenvalue weighted by Crippen LogP contribution is 2.41. The quantitative estimate of drug-likeness (QED) is 0.814. The zero-order valence-electron chi connectivity index (χ0n) is 11.5. The monoisotopic (exact) mass is 370 g/mol. The van der Waals surface area contributed by atoms with Gasteiger partial charge >= 0.3 is 0 Å². The molecule has 7 heteroatoms. The van der Waals surface area contributed by atoms with E-state index in [2.05, 4.69) is 35.2 Å². The third-order valence-electron chi connectivity index (χ3n) is 4.54. The van der Waals surface area contributed by atoms with Gasteiger partial charge in [-0.25, -0.2) is 9.97 Å². The average molecular weight is 372 g/mol. The van der Waals surface area contributed by atoms with Crippen molar-refractivity contribution in [2.75, 3.05) is 26.3 Å². The first-order valence-electron chi connectivity index (χ1n) is 7.24. The minimum absolute atomic E-state index is 0.493. The normalized spacial score (nSPS) is 27.0. The summed E-state index contributed by atoms with van der Waals surface area (Å²) in [7, 11) is 0. The van der Waals surface area contributed by atoms with Crippen LogP contribution in [-0.2, 0) is 4.74 Å². The predicted molar refractivity (Wildman–Crippen MR) is 83.9 cm³/mol. The van der Waals surface area contributed by atoms with E-state index in [1.165, 1.54) is 0 Å². The van der Waals surface area contributed by atoms with Crippen molar-refractivity contribution >= 4 is 33.0 Å². The highest BCUT2D eigenvalue weighted by molar-refractivity contribution is 9.10. The Labute approximate surface area is 136 Å². The second-order valence-electron chi connectivity index (χ2n) is 5.67. The largest absolute Gasteiger partial charge is 0.379 e. The Morgan fingerprint density at radius 2 is 2.05 bits per heavy atom. The van der Waals surface area contributed by atoms with E-state index in [0.717, 1.165) is 55.1 Å². The highest BCUT2D eigenvalue weighted by Gasteiger charge is 2.37. The summed E-state index contributed by atoms with van der Waals surface area (Å²) < 4.78 is 8.27. The number of hydrogen-bond donors (Lipinski definition) is 0. The van der Waals surface area contributed by atoms with Crippen LogP contribution in [0.5, 0.6) is 0 Å². The van der Waals surface area contributed by atoms with E-state index in [1.807, 2.05) is 6.20 Å². The van der Waals surface area contributed by atoms with Crippen LogP contribution in [0.2, 0.25) is 5.15 Å². The van der Waals surface area contributed by atoms with Gasteiger partial charge in [0.15, 0.2) is 5.15 Å². The fourth-order valence-corrected chi connectivity index (χ4v) is 4.22. The zero-order valence-corrected chi connectivity index (χ0v) is 13.8. The number of morpholine rings is 1. The molecule has 0 amide bonds. The lowest BCUT2D eigenvalue weighted by atomic mass is 9.78. The molecular formula is C14H16BrClN4O. The number of aromatic nitrogens is 3. The summed E-state index contributed by atoms with van der Waals surface area (Å²) in [5.41, 5.74) is 0.865. The second-order valence-corrected chi connectivity index (χ2v) is 6.78. The standard InChI is InChI=1S/C14H16BrClN4O/c15-12-11-13(16)17-1-2-20(11)14(18-12)9-7-10(8-9)19-3-5-21-6-4-19/h1-2,9-10H,3-8H2/t9-,10+. The van der Waals surface area contributed by atoms with Gasteiger partial charge in [0.05, 0.1) is 13.2 Å². The van der Waals surface area contributed by atoms with E-state index < -0.39 is 0 Å². The minimum atomic E-state index is 0.493. The number of halogens is 2. The van der Waals surface area contributed by atoms with E-state index >= 15 is 0 Å². The molecule has 0 aromatic carbocycles. The molecule has 112 valence electrons. The van der Waals surface area contributed by atoms with Crippen LogP contribution in [0.4, 0.5) is 0 Å². The molecule has 1 saturated heterocycles.